The lowest BCUT2D eigenvalue weighted by Gasteiger charge is -1.94. The van der Waals surface area contributed by atoms with Gasteiger partial charge in [-0.1, -0.05) is 24.3 Å². The van der Waals surface area contributed by atoms with Crippen molar-refractivity contribution in [2.45, 2.75) is 0 Å². The largest absolute Gasteiger partial charge is 0.503 e. The number of aromatic nitrogens is 2. The van der Waals surface area contributed by atoms with Crippen LogP contribution < -0.4 is 4.57 Å². The first-order valence-electron chi connectivity index (χ1n) is 4.91. The second-order valence-electron chi connectivity index (χ2n) is 3.59. The molecule has 0 bridgehead atoms. The quantitative estimate of drug-likeness (QED) is 0.703. The summed E-state index contributed by atoms with van der Waals surface area (Å²) in [5, 5.41) is 10.0. The van der Waals surface area contributed by atoms with Gasteiger partial charge in [-0.2, -0.15) is 4.57 Å². The van der Waals surface area contributed by atoms with E-state index in [1.165, 1.54) is 0 Å². The molecule has 0 saturated carbocycles. The Bertz CT molecular complexity index is 597. The maximum atomic E-state index is 12.1. The summed E-state index contributed by atoms with van der Waals surface area (Å²) in [6.07, 6.45) is 5.00. The van der Waals surface area contributed by atoms with Crippen molar-refractivity contribution in [3.8, 4) is 0 Å². The molecule has 0 aliphatic heterocycles. The molecule has 16 heavy (non-hydrogen) atoms. The Morgan fingerprint density at radius 1 is 1.19 bits per heavy atom. The summed E-state index contributed by atoms with van der Waals surface area (Å²) in [5.74, 6) is -0.122. The van der Waals surface area contributed by atoms with Gasteiger partial charge in [0, 0.05) is 11.1 Å². The summed E-state index contributed by atoms with van der Waals surface area (Å²) in [4.78, 5) is 14.9. The highest BCUT2D eigenvalue weighted by Crippen LogP contribution is 2.30. The van der Waals surface area contributed by atoms with E-state index in [1.54, 1.807) is 47.6 Å². The Labute approximate surface area is 91.5 Å². The van der Waals surface area contributed by atoms with E-state index < -0.39 is 0 Å². The molecule has 1 aromatic heterocycles. The highest BCUT2D eigenvalue weighted by Gasteiger charge is 2.33. The van der Waals surface area contributed by atoms with Crippen LogP contribution in [0.3, 0.4) is 0 Å². The molecule has 1 heterocycles. The molecule has 0 radical (unpaired) electrons. The molecule has 0 amide bonds. The fourth-order valence-corrected chi connectivity index (χ4v) is 1.92. The van der Waals surface area contributed by atoms with Gasteiger partial charge in [-0.05, 0) is 0 Å². The number of rotatable bonds is 1. The molecule has 0 saturated heterocycles. The molecule has 2 aromatic rings. The van der Waals surface area contributed by atoms with Crippen molar-refractivity contribution in [2.24, 2.45) is 0 Å². The molecule has 0 atom stereocenters. The molecule has 0 unspecified atom stereocenters. The van der Waals surface area contributed by atoms with Crippen LogP contribution in [0, 0.1) is 0 Å². The first-order valence-corrected chi connectivity index (χ1v) is 4.91. The Morgan fingerprint density at radius 3 is 2.56 bits per heavy atom. The van der Waals surface area contributed by atoms with E-state index in [0.717, 1.165) is 0 Å². The number of carbonyl (C=O) groups is 1. The van der Waals surface area contributed by atoms with E-state index in [0.29, 0.717) is 16.8 Å². The predicted octanol–water partition coefficient (Wildman–Crippen LogP) is 1.38. The first-order chi connectivity index (χ1) is 7.79. The summed E-state index contributed by atoms with van der Waals surface area (Å²) >= 11 is 0. The molecule has 1 aliphatic carbocycles. The SMILES string of the molecule is O=C1C([n+]2cc[nH]c2)=C(O)c2ccccc21. The second kappa shape index (κ2) is 3.06. The number of nitrogens with zero attached hydrogens (tertiary/aromatic N) is 1. The maximum absolute atomic E-state index is 12.1. The number of imidazole rings is 1. The van der Waals surface area contributed by atoms with Crippen molar-refractivity contribution in [1.82, 2.24) is 4.98 Å². The Kier molecular flexibility index (Phi) is 1.71. The van der Waals surface area contributed by atoms with E-state index >= 15 is 0 Å². The van der Waals surface area contributed by atoms with Crippen LogP contribution in [0.2, 0.25) is 0 Å². The monoisotopic (exact) mass is 213 g/mol. The minimum Gasteiger partial charge on any atom is -0.503 e. The van der Waals surface area contributed by atoms with Crippen molar-refractivity contribution >= 4 is 17.2 Å². The highest BCUT2D eigenvalue weighted by atomic mass is 16.3. The van der Waals surface area contributed by atoms with Gasteiger partial charge < -0.3 is 5.11 Å². The summed E-state index contributed by atoms with van der Waals surface area (Å²) < 4.78 is 1.58. The van der Waals surface area contributed by atoms with Crippen molar-refractivity contribution in [2.75, 3.05) is 0 Å². The van der Waals surface area contributed by atoms with E-state index in [9.17, 15) is 9.90 Å². The van der Waals surface area contributed by atoms with Crippen LogP contribution >= 0.6 is 0 Å². The maximum Gasteiger partial charge on any atom is 0.246 e. The predicted molar refractivity (Wildman–Crippen MR) is 57.5 cm³/mol. The van der Waals surface area contributed by atoms with Crippen molar-refractivity contribution in [3.05, 3.63) is 54.1 Å². The molecule has 78 valence electrons. The van der Waals surface area contributed by atoms with Crippen molar-refractivity contribution < 1.29 is 14.5 Å². The van der Waals surface area contributed by atoms with Crippen LogP contribution in [0.4, 0.5) is 0 Å². The zero-order chi connectivity index (χ0) is 11.1. The Hall–Kier alpha value is -2.36. The number of H-pyrrole nitrogens is 1. The normalized spacial score (nSPS) is 14.4. The third-order valence-corrected chi connectivity index (χ3v) is 2.67. The molecule has 3 rings (SSSR count). The molecular weight excluding hydrogens is 204 g/mol. The lowest BCUT2D eigenvalue weighted by atomic mass is 10.1. The van der Waals surface area contributed by atoms with Gasteiger partial charge in [0.2, 0.25) is 17.8 Å². The molecule has 4 nitrogen and oxygen atoms in total. The third kappa shape index (κ3) is 1.04. The Morgan fingerprint density at radius 2 is 1.94 bits per heavy atom. The number of aliphatic hydroxyl groups is 1. The van der Waals surface area contributed by atoms with Gasteiger partial charge in [-0.25, -0.2) is 4.98 Å². The third-order valence-electron chi connectivity index (χ3n) is 2.67. The smallest absolute Gasteiger partial charge is 0.246 e. The number of fused-ring (bicyclic) bond motifs is 1. The molecule has 0 fully saturated rings. The molecular formula is C12H9N2O2+. The number of benzene rings is 1. The minimum absolute atomic E-state index is 0.0326. The van der Waals surface area contributed by atoms with Gasteiger partial charge in [-0.15, -0.1) is 0 Å². The standard InChI is InChI=1S/C12H8N2O2/c15-11-8-3-1-2-4-9(8)12(16)10(11)14-6-5-13-7-14/h1-7H,(H,15,16)/p+1. The van der Waals surface area contributed by atoms with Crippen LogP contribution in [-0.4, -0.2) is 15.9 Å². The lowest BCUT2D eigenvalue weighted by molar-refractivity contribution is -0.574. The number of nitrogens with one attached hydrogen (secondary N) is 1. The van der Waals surface area contributed by atoms with E-state index in [1.807, 2.05) is 0 Å². The van der Waals surface area contributed by atoms with Crippen LogP contribution in [-0.2, 0) is 0 Å². The van der Waals surface area contributed by atoms with Crippen molar-refractivity contribution in [3.63, 3.8) is 0 Å². The molecule has 1 aromatic carbocycles. The van der Waals surface area contributed by atoms with Gasteiger partial charge in [0.25, 0.3) is 0 Å². The summed E-state index contributed by atoms with van der Waals surface area (Å²) in [6, 6.07) is 7.04. The number of Topliss-reactive ketones (excluding diaryl/α,β-unsaturated/α-hetero) is 1. The summed E-state index contributed by atoms with van der Waals surface area (Å²) in [5.41, 5.74) is 1.43. The van der Waals surface area contributed by atoms with Gasteiger partial charge >= 0.3 is 0 Å². The van der Waals surface area contributed by atoms with E-state index in [2.05, 4.69) is 4.98 Å². The molecule has 1 aliphatic rings. The average Bonchev–Trinajstić information content (AvgIpc) is 2.89. The summed E-state index contributed by atoms with van der Waals surface area (Å²) in [7, 11) is 0. The number of hydrogen-bond donors (Lipinski definition) is 2. The van der Waals surface area contributed by atoms with E-state index in [-0.39, 0.29) is 11.5 Å². The fourth-order valence-electron chi connectivity index (χ4n) is 1.92. The van der Waals surface area contributed by atoms with Gasteiger partial charge in [-0.3, -0.25) is 4.79 Å². The van der Waals surface area contributed by atoms with Gasteiger partial charge in [0.15, 0.2) is 5.76 Å². The number of ketones is 1. The van der Waals surface area contributed by atoms with Gasteiger partial charge in [0.05, 0.1) is 0 Å². The Balaban J connectivity index is 2.24. The highest BCUT2D eigenvalue weighted by molar-refractivity contribution is 6.32. The van der Waals surface area contributed by atoms with Crippen LogP contribution in [0.5, 0.6) is 0 Å². The number of carbonyl (C=O) groups excluding carboxylic acids is 1. The zero-order valence-electron chi connectivity index (χ0n) is 8.34. The van der Waals surface area contributed by atoms with Crippen LogP contribution in [0.1, 0.15) is 15.9 Å². The number of aromatic amines is 1. The average molecular weight is 213 g/mol. The minimum atomic E-state index is -0.155. The molecule has 0 spiro atoms. The number of hydrogen-bond acceptors (Lipinski definition) is 2. The number of allylic oxidation sites excluding steroid dienone is 1. The first kappa shape index (κ1) is 8.91. The lowest BCUT2D eigenvalue weighted by Crippen LogP contribution is -2.32. The van der Waals surface area contributed by atoms with Gasteiger partial charge in [0.1, 0.15) is 12.4 Å². The zero-order valence-corrected chi connectivity index (χ0v) is 8.34. The van der Waals surface area contributed by atoms with E-state index in [4.69, 9.17) is 0 Å². The molecule has 4 heteroatoms. The molecule has 2 N–H and O–H groups in total. The topological polar surface area (TPSA) is 57.0 Å². The number of aliphatic hydroxyl groups excluding tert-OH is 1. The summed E-state index contributed by atoms with van der Waals surface area (Å²) in [6.45, 7) is 0. The van der Waals surface area contributed by atoms with Crippen molar-refractivity contribution in [1.29, 1.82) is 0 Å². The fraction of sp³-hybridized carbons (Fsp3) is 0. The second-order valence-corrected chi connectivity index (χ2v) is 3.59. The van der Waals surface area contributed by atoms with Crippen LogP contribution in [0.15, 0.2) is 43.0 Å². The van der Waals surface area contributed by atoms with Crippen LogP contribution in [0.25, 0.3) is 11.5 Å².